The first-order valence-corrected chi connectivity index (χ1v) is 7.46. The summed E-state index contributed by atoms with van der Waals surface area (Å²) in [5.41, 5.74) is 0.911. The maximum Gasteiger partial charge on any atom is 0.127 e. The van der Waals surface area contributed by atoms with Crippen molar-refractivity contribution >= 4 is 0 Å². The third-order valence-corrected chi connectivity index (χ3v) is 3.44. The van der Waals surface area contributed by atoms with Crippen LogP contribution >= 0.6 is 0 Å². The lowest BCUT2D eigenvalue weighted by Gasteiger charge is -2.14. The number of ether oxygens (including phenoxy) is 2. The second-order valence-electron chi connectivity index (χ2n) is 5.43. The van der Waals surface area contributed by atoms with Crippen LogP contribution in [0, 0.1) is 5.82 Å². The van der Waals surface area contributed by atoms with Crippen molar-refractivity contribution in [3.63, 3.8) is 0 Å². The van der Waals surface area contributed by atoms with Crippen LogP contribution in [-0.2, 0) is 11.3 Å². The molecular formula is C16H24FNO2. The summed E-state index contributed by atoms with van der Waals surface area (Å²) in [6.07, 6.45) is 3.60. The van der Waals surface area contributed by atoms with E-state index in [2.05, 4.69) is 19.2 Å². The molecule has 1 heterocycles. The maximum atomic E-state index is 13.6. The summed E-state index contributed by atoms with van der Waals surface area (Å²) in [6.45, 7) is 6.27. The van der Waals surface area contributed by atoms with Crippen molar-refractivity contribution in [2.45, 2.75) is 51.9 Å². The van der Waals surface area contributed by atoms with Gasteiger partial charge in [0.2, 0.25) is 0 Å². The molecule has 1 aliphatic heterocycles. The summed E-state index contributed by atoms with van der Waals surface area (Å²) in [4.78, 5) is 0. The molecule has 2 unspecified atom stereocenters. The third kappa shape index (κ3) is 4.76. The summed E-state index contributed by atoms with van der Waals surface area (Å²) in [6, 6.07) is 4.87. The molecule has 1 saturated heterocycles. The zero-order chi connectivity index (χ0) is 14.4. The van der Waals surface area contributed by atoms with Gasteiger partial charge in [-0.25, -0.2) is 4.39 Å². The first-order chi connectivity index (χ1) is 9.67. The normalized spacial score (nSPS) is 22.1. The zero-order valence-corrected chi connectivity index (χ0v) is 12.3. The van der Waals surface area contributed by atoms with E-state index in [9.17, 15) is 4.39 Å². The van der Waals surface area contributed by atoms with Gasteiger partial charge in [-0.1, -0.05) is 6.92 Å². The fourth-order valence-corrected chi connectivity index (χ4v) is 2.41. The highest BCUT2D eigenvalue weighted by atomic mass is 19.1. The van der Waals surface area contributed by atoms with E-state index < -0.39 is 0 Å². The second-order valence-corrected chi connectivity index (χ2v) is 5.43. The fourth-order valence-electron chi connectivity index (χ4n) is 2.41. The standard InChI is InChI=1S/C16H24FNO2/c1-3-6-18-10-13-7-14(17)9-16(8-13)19-11-15-5-4-12(2)20-15/h7-9,12,15,18H,3-6,10-11H2,1-2H3. The van der Waals surface area contributed by atoms with E-state index >= 15 is 0 Å². The number of hydrogen-bond donors (Lipinski definition) is 1. The maximum absolute atomic E-state index is 13.6. The van der Waals surface area contributed by atoms with Crippen molar-refractivity contribution in [2.24, 2.45) is 0 Å². The third-order valence-electron chi connectivity index (χ3n) is 3.44. The molecule has 0 amide bonds. The average molecular weight is 281 g/mol. The largest absolute Gasteiger partial charge is 0.491 e. The van der Waals surface area contributed by atoms with E-state index in [1.807, 2.05) is 6.07 Å². The molecule has 3 nitrogen and oxygen atoms in total. The molecule has 1 aromatic carbocycles. The Balaban J connectivity index is 1.86. The van der Waals surface area contributed by atoms with E-state index in [1.54, 1.807) is 6.07 Å². The van der Waals surface area contributed by atoms with E-state index in [0.717, 1.165) is 31.4 Å². The molecule has 1 N–H and O–H groups in total. The van der Waals surface area contributed by atoms with Gasteiger partial charge in [-0.3, -0.25) is 0 Å². The molecule has 4 heteroatoms. The number of hydrogen-bond acceptors (Lipinski definition) is 3. The molecule has 0 radical (unpaired) electrons. The van der Waals surface area contributed by atoms with Crippen LogP contribution in [0.1, 0.15) is 38.7 Å². The molecule has 1 aromatic rings. The Labute approximate surface area is 120 Å². The van der Waals surface area contributed by atoms with Gasteiger partial charge in [0.1, 0.15) is 18.2 Å². The number of rotatable bonds is 7. The van der Waals surface area contributed by atoms with Crippen LogP contribution in [0.15, 0.2) is 18.2 Å². The van der Waals surface area contributed by atoms with Crippen LogP contribution in [0.3, 0.4) is 0 Å². The Morgan fingerprint density at radius 3 is 2.90 bits per heavy atom. The van der Waals surface area contributed by atoms with Crippen LogP contribution in [0.25, 0.3) is 0 Å². The fraction of sp³-hybridized carbons (Fsp3) is 0.625. The molecule has 2 atom stereocenters. The van der Waals surface area contributed by atoms with Crippen molar-refractivity contribution in [3.05, 3.63) is 29.6 Å². The highest BCUT2D eigenvalue weighted by Crippen LogP contribution is 2.22. The molecule has 1 aliphatic rings. The topological polar surface area (TPSA) is 30.5 Å². The Morgan fingerprint density at radius 1 is 1.35 bits per heavy atom. The van der Waals surface area contributed by atoms with Gasteiger partial charge >= 0.3 is 0 Å². The molecule has 1 fully saturated rings. The van der Waals surface area contributed by atoms with Crippen LogP contribution in [-0.4, -0.2) is 25.4 Å². The smallest absolute Gasteiger partial charge is 0.127 e. The van der Waals surface area contributed by atoms with Crippen molar-refractivity contribution in [1.29, 1.82) is 0 Å². The van der Waals surface area contributed by atoms with Crippen molar-refractivity contribution < 1.29 is 13.9 Å². The molecule has 20 heavy (non-hydrogen) atoms. The van der Waals surface area contributed by atoms with E-state index in [0.29, 0.717) is 25.0 Å². The van der Waals surface area contributed by atoms with Crippen molar-refractivity contribution in [2.75, 3.05) is 13.2 Å². The zero-order valence-electron chi connectivity index (χ0n) is 12.3. The lowest BCUT2D eigenvalue weighted by molar-refractivity contribution is 0.0264. The SMILES string of the molecule is CCCNCc1cc(F)cc(OCC2CCC(C)O2)c1. The summed E-state index contributed by atoms with van der Waals surface area (Å²) >= 11 is 0. The number of benzene rings is 1. The molecule has 2 rings (SSSR count). The average Bonchev–Trinajstić information content (AvgIpc) is 2.82. The number of nitrogens with one attached hydrogen (secondary N) is 1. The first kappa shape index (κ1) is 15.3. The molecule has 0 bridgehead atoms. The molecule has 0 aliphatic carbocycles. The Kier molecular flexibility index (Phi) is 5.80. The summed E-state index contributed by atoms with van der Waals surface area (Å²) < 4.78 is 24.9. The van der Waals surface area contributed by atoms with E-state index in [-0.39, 0.29) is 11.9 Å². The highest BCUT2D eigenvalue weighted by molar-refractivity contribution is 5.29. The predicted molar refractivity (Wildman–Crippen MR) is 77.5 cm³/mol. The van der Waals surface area contributed by atoms with Gasteiger partial charge in [-0.2, -0.15) is 0 Å². The van der Waals surface area contributed by atoms with Gasteiger partial charge in [0.05, 0.1) is 12.2 Å². The second kappa shape index (κ2) is 7.60. The van der Waals surface area contributed by atoms with Gasteiger partial charge in [0, 0.05) is 12.6 Å². The predicted octanol–water partition coefficient (Wildman–Crippen LogP) is 3.27. The summed E-state index contributed by atoms with van der Waals surface area (Å²) in [7, 11) is 0. The highest BCUT2D eigenvalue weighted by Gasteiger charge is 2.22. The summed E-state index contributed by atoms with van der Waals surface area (Å²) in [5.74, 6) is 0.331. The lowest BCUT2D eigenvalue weighted by atomic mass is 10.2. The van der Waals surface area contributed by atoms with Crippen LogP contribution < -0.4 is 10.1 Å². The monoisotopic (exact) mass is 281 g/mol. The quantitative estimate of drug-likeness (QED) is 0.778. The molecule has 112 valence electrons. The Morgan fingerprint density at radius 2 is 2.20 bits per heavy atom. The van der Waals surface area contributed by atoms with Crippen LogP contribution in [0.2, 0.25) is 0 Å². The Bertz CT molecular complexity index is 425. The van der Waals surface area contributed by atoms with E-state index in [1.165, 1.54) is 6.07 Å². The lowest BCUT2D eigenvalue weighted by Crippen LogP contribution is -2.18. The minimum atomic E-state index is -0.253. The molecule has 0 saturated carbocycles. The summed E-state index contributed by atoms with van der Waals surface area (Å²) in [5, 5.41) is 3.26. The van der Waals surface area contributed by atoms with Gasteiger partial charge in [0.25, 0.3) is 0 Å². The first-order valence-electron chi connectivity index (χ1n) is 7.46. The number of halogens is 1. The van der Waals surface area contributed by atoms with Gasteiger partial charge < -0.3 is 14.8 Å². The van der Waals surface area contributed by atoms with Crippen LogP contribution in [0.5, 0.6) is 5.75 Å². The minimum Gasteiger partial charge on any atom is -0.491 e. The van der Waals surface area contributed by atoms with Crippen molar-refractivity contribution in [1.82, 2.24) is 5.32 Å². The van der Waals surface area contributed by atoms with Crippen LogP contribution in [0.4, 0.5) is 4.39 Å². The Hall–Kier alpha value is -1.13. The van der Waals surface area contributed by atoms with Crippen molar-refractivity contribution in [3.8, 4) is 5.75 Å². The molecular weight excluding hydrogens is 257 g/mol. The van der Waals surface area contributed by atoms with Gasteiger partial charge in [0.15, 0.2) is 0 Å². The molecule has 0 spiro atoms. The van der Waals surface area contributed by atoms with Gasteiger partial charge in [-0.15, -0.1) is 0 Å². The van der Waals surface area contributed by atoms with Gasteiger partial charge in [-0.05, 0) is 50.4 Å². The minimum absolute atomic E-state index is 0.134. The van der Waals surface area contributed by atoms with E-state index in [4.69, 9.17) is 9.47 Å². The molecule has 0 aromatic heterocycles.